The maximum absolute atomic E-state index is 11.4. The summed E-state index contributed by atoms with van der Waals surface area (Å²) < 4.78 is 0. The van der Waals surface area contributed by atoms with Crippen LogP contribution in [0.15, 0.2) is 35.3 Å². The molecule has 0 spiro atoms. The topological polar surface area (TPSA) is 45.8 Å². The van der Waals surface area contributed by atoms with E-state index >= 15 is 0 Å². The second kappa shape index (κ2) is 4.49. The molecule has 0 radical (unpaired) electrons. The molecule has 0 amide bonds. The van der Waals surface area contributed by atoms with Gasteiger partial charge in [-0.25, -0.2) is 4.98 Å². The van der Waals surface area contributed by atoms with Crippen LogP contribution in [-0.4, -0.2) is 9.97 Å². The number of aromatic nitrogens is 2. The van der Waals surface area contributed by atoms with E-state index in [0.29, 0.717) is 22.8 Å². The summed E-state index contributed by atoms with van der Waals surface area (Å²) in [7, 11) is 0. The van der Waals surface area contributed by atoms with Crippen LogP contribution in [-0.2, 0) is 6.42 Å². The summed E-state index contributed by atoms with van der Waals surface area (Å²) in [6, 6.07) is 7.52. The zero-order chi connectivity index (χ0) is 11.5. The zero-order valence-electron chi connectivity index (χ0n) is 8.83. The Balaban J connectivity index is 2.31. The molecular weight excluding hydrogens is 224 g/mol. The van der Waals surface area contributed by atoms with Crippen LogP contribution in [0.5, 0.6) is 0 Å². The van der Waals surface area contributed by atoms with Gasteiger partial charge in [0.25, 0.3) is 5.56 Å². The number of rotatable bonds is 2. The molecule has 3 nitrogen and oxygen atoms in total. The van der Waals surface area contributed by atoms with Gasteiger partial charge in [0.1, 0.15) is 5.82 Å². The van der Waals surface area contributed by atoms with Crippen molar-refractivity contribution in [2.24, 2.45) is 0 Å². The molecule has 0 aliphatic carbocycles. The first kappa shape index (κ1) is 10.9. The lowest BCUT2D eigenvalue weighted by Gasteiger charge is -2.03. The highest BCUT2D eigenvalue weighted by atomic mass is 35.5. The van der Waals surface area contributed by atoms with Gasteiger partial charge in [-0.05, 0) is 18.6 Å². The summed E-state index contributed by atoms with van der Waals surface area (Å²) in [5, 5.41) is 0.686. The maximum atomic E-state index is 11.4. The number of aromatic amines is 1. The quantitative estimate of drug-likeness (QED) is 0.867. The first-order valence-electron chi connectivity index (χ1n) is 4.95. The second-order valence-electron chi connectivity index (χ2n) is 3.61. The minimum absolute atomic E-state index is 0.1000. The number of nitrogens with zero attached hydrogens (tertiary/aromatic N) is 1. The first-order chi connectivity index (χ1) is 7.66. The Bertz CT molecular complexity index is 563. The van der Waals surface area contributed by atoms with Crippen molar-refractivity contribution in [2.45, 2.75) is 13.3 Å². The second-order valence-corrected chi connectivity index (χ2v) is 4.02. The summed E-state index contributed by atoms with van der Waals surface area (Å²) in [5.74, 6) is 0.628. The van der Waals surface area contributed by atoms with Crippen molar-refractivity contribution in [1.82, 2.24) is 9.97 Å². The summed E-state index contributed by atoms with van der Waals surface area (Å²) in [5.41, 5.74) is 1.47. The minimum atomic E-state index is -0.1000. The van der Waals surface area contributed by atoms with E-state index in [4.69, 9.17) is 11.6 Å². The lowest BCUT2D eigenvalue weighted by atomic mass is 10.1. The number of hydrogen-bond acceptors (Lipinski definition) is 2. The van der Waals surface area contributed by atoms with Crippen LogP contribution >= 0.6 is 11.6 Å². The molecule has 1 heterocycles. The Morgan fingerprint density at radius 1 is 1.38 bits per heavy atom. The molecule has 0 fully saturated rings. The number of aryl methyl sites for hydroxylation is 1. The van der Waals surface area contributed by atoms with Crippen LogP contribution in [0.25, 0.3) is 0 Å². The molecule has 0 bridgehead atoms. The lowest BCUT2D eigenvalue weighted by Crippen LogP contribution is -2.13. The van der Waals surface area contributed by atoms with Crippen molar-refractivity contribution < 1.29 is 0 Å². The van der Waals surface area contributed by atoms with Crippen LogP contribution in [0.1, 0.15) is 17.0 Å². The highest BCUT2D eigenvalue weighted by molar-refractivity contribution is 6.31. The Morgan fingerprint density at radius 2 is 2.12 bits per heavy atom. The number of halogens is 1. The fraction of sp³-hybridized carbons (Fsp3) is 0.167. The van der Waals surface area contributed by atoms with Crippen LogP contribution in [0.3, 0.4) is 0 Å². The van der Waals surface area contributed by atoms with E-state index in [1.807, 2.05) is 24.3 Å². The highest BCUT2D eigenvalue weighted by Gasteiger charge is 2.03. The summed E-state index contributed by atoms with van der Waals surface area (Å²) >= 11 is 6.03. The number of nitrogens with one attached hydrogen (secondary N) is 1. The lowest BCUT2D eigenvalue weighted by molar-refractivity contribution is 0.930. The minimum Gasteiger partial charge on any atom is -0.310 e. The Labute approximate surface area is 98.1 Å². The van der Waals surface area contributed by atoms with Gasteiger partial charge in [-0.1, -0.05) is 29.8 Å². The van der Waals surface area contributed by atoms with Crippen LogP contribution in [0, 0.1) is 6.92 Å². The number of H-pyrrole nitrogens is 1. The number of benzene rings is 1. The average molecular weight is 235 g/mol. The van der Waals surface area contributed by atoms with Crippen molar-refractivity contribution in [2.75, 3.05) is 0 Å². The molecular formula is C12H11ClN2O. The van der Waals surface area contributed by atoms with Gasteiger partial charge in [-0.3, -0.25) is 4.79 Å². The van der Waals surface area contributed by atoms with Crippen molar-refractivity contribution in [3.05, 3.63) is 62.8 Å². The summed E-state index contributed by atoms with van der Waals surface area (Å²) in [4.78, 5) is 18.3. The molecule has 0 aliphatic heterocycles. The molecule has 0 unspecified atom stereocenters. The zero-order valence-corrected chi connectivity index (χ0v) is 9.58. The van der Waals surface area contributed by atoms with Gasteiger partial charge in [-0.15, -0.1) is 0 Å². The van der Waals surface area contributed by atoms with E-state index in [-0.39, 0.29) is 5.56 Å². The standard InChI is InChI=1S/C12H11ClN2O/c1-8-7-14-11(15-12(8)16)6-9-4-2-3-5-10(9)13/h2-5,7H,6H2,1H3,(H,14,15,16). The third kappa shape index (κ3) is 2.31. The van der Waals surface area contributed by atoms with Crippen LogP contribution in [0.2, 0.25) is 5.02 Å². The Morgan fingerprint density at radius 3 is 2.81 bits per heavy atom. The van der Waals surface area contributed by atoms with Crippen LogP contribution in [0.4, 0.5) is 0 Å². The monoisotopic (exact) mass is 234 g/mol. The third-order valence-corrected chi connectivity index (χ3v) is 2.71. The molecule has 2 rings (SSSR count). The molecule has 16 heavy (non-hydrogen) atoms. The predicted octanol–water partition coefficient (Wildman–Crippen LogP) is 2.32. The first-order valence-corrected chi connectivity index (χ1v) is 5.33. The van der Waals surface area contributed by atoms with Gasteiger partial charge >= 0.3 is 0 Å². The predicted molar refractivity (Wildman–Crippen MR) is 63.9 cm³/mol. The Kier molecular flexibility index (Phi) is 3.06. The van der Waals surface area contributed by atoms with E-state index in [1.54, 1.807) is 13.1 Å². The van der Waals surface area contributed by atoms with Gasteiger partial charge < -0.3 is 4.98 Å². The van der Waals surface area contributed by atoms with E-state index in [9.17, 15) is 4.79 Å². The van der Waals surface area contributed by atoms with Crippen molar-refractivity contribution in [3.63, 3.8) is 0 Å². The van der Waals surface area contributed by atoms with E-state index < -0.39 is 0 Å². The average Bonchev–Trinajstić information content (AvgIpc) is 2.27. The molecule has 2 aromatic rings. The largest absolute Gasteiger partial charge is 0.310 e. The Hall–Kier alpha value is -1.61. The SMILES string of the molecule is Cc1cnc(Cc2ccccc2Cl)[nH]c1=O. The molecule has 82 valence electrons. The number of hydrogen-bond donors (Lipinski definition) is 1. The van der Waals surface area contributed by atoms with E-state index in [0.717, 1.165) is 5.56 Å². The smallest absolute Gasteiger partial charge is 0.253 e. The van der Waals surface area contributed by atoms with Crippen molar-refractivity contribution in [3.8, 4) is 0 Å². The van der Waals surface area contributed by atoms with Gasteiger partial charge in [0.2, 0.25) is 0 Å². The molecule has 1 aromatic carbocycles. The molecule has 0 atom stereocenters. The van der Waals surface area contributed by atoms with E-state index in [2.05, 4.69) is 9.97 Å². The molecule has 0 saturated carbocycles. The summed E-state index contributed by atoms with van der Waals surface area (Å²) in [6.07, 6.45) is 2.11. The van der Waals surface area contributed by atoms with E-state index in [1.165, 1.54) is 0 Å². The van der Waals surface area contributed by atoms with Crippen molar-refractivity contribution >= 4 is 11.6 Å². The van der Waals surface area contributed by atoms with Gasteiger partial charge in [0.05, 0.1) is 0 Å². The normalized spacial score (nSPS) is 10.4. The third-order valence-electron chi connectivity index (χ3n) is 2.35. The molecule has 4 heteroatoms. The molecule has 1 aromatic heterocycles. The fourth-order valence-electron chi connectivity index (χ4n) is 1.41. The van der Waals surface area contributed by atoms with Gasteiger partial charge in [0, 0.05) is 23.2 Å². The molecule has 0 aliphatic rings. The fourth-order valence-corrected chi connectivity index (χ4v) is 1.61. The van der Waals surface area contributed by atoms with Crippen molar-refractivity contribution in [1.29, 1.82) is 0 Å². The van der Waals surface area contributed by atoms with Gasteiger partial charge in [0.15, 0.2) is 0 Å². The molecule has 0 saturated heterocycles. The maximum Gasteiger partial charge on any atom is 0.253 e. The summed E-state index contributed by atoms with van der Waals surface area (Å²) in [6.45, 7) is 1.73. The van der Waals surface area contributed by atoms with Gasteiger partial charge in [-0.2, -0.15) is 0 Å². The van der Waals surface area contributed by atoms with Crippen LogP contribution < -0.4 is 5.56 Å². The highest BCUT2D eigenvalue weighted by Crippen LogP contribution is 2.16. The molecule has 1 N–H and O–H groups in total.